The minimum absolute atomic E-state index is 0.344. The minimum Gasteiger partial charge on any atom is -0.482 e. The molecule has 5 nitrogen and oxygen atoms in total. The first-order valence-electron chi connectivity index (χ1n) is 7.18. The topological polar surface area (TPSA) is 52.2 Å². The molecule has 1 saturated carbocycles. The maximum absolute atomic E-state index is 5.72. The van der Waals surface area contributed by atoms with Crippen LogP contribution in [-0.2, 0) is 13.2 Å². The fourth-order valence-corrected chi connectivity index (χ4v) is 1.96. The third-order valence-electron chi connectivity index (χ3n) is 3.35. The van der Waals surface area contributed by atoms with Gasteiger partial charge in [0.25, 0.3) is 0 Å². The van der Waals surface area contributed by atoms with Crippen LogP contribution in [0.1, 0.15) is 44.3 Å². The highest BCUT2D eigenvalue weighted by Gasteiger charge is 2.20. The van der Waals surface area contributed by atoms with Crippen LogP contribution in [0.5, 0.6) is 5.75 Å². The largest absolute Gasteiger partial charge is 0.482 e. The van der Waals surface area contributed by atoms with E-state index >= 15 is 0 Å². The first-order valence-corrected chi connectivity index (χ1v) is 7.18. The third-order valence-corrected chi connectivity index (χ3v) is 3.35. The maximum Gasteiger partial charge on any atom is 0.157 e. The molecule has 108 valence electrons. The van der Waals surface area contributed by atoms with Crippen molar-refractivity contribution in [2.45, 2.75) is 51.9 Å². The van der Waals surface area contributed by atoms with Crippen molar-refractivity contribution in [1.29, 1.82) is 0 Å². The van der Waals surface area contributed by atoms with Gasteiger partial charge in [-0.1, -0.05) is 0 Å². The van der Waals surface area contributed by atoms with Crippen molar-refractivity contribution in [2.24, 2.45) is 0 Å². The van der Waals surface area contributed by atoms with Crippen molar-refractivity contribution in [3.63, 3.8) is 0 Å². The van der Waals surface area contributed by atoms with E-state index < -0.39 is 0 Å². The summed E-state index contributed by atoms with van der Waals surface area (Å²) in [5.41, 5.74) is 0. The van der Waals surface area contributed by atoms with Crippen LogP contribution >= 0.6 is 0 Å². The first-order chi connectivity index (χ1) is 9.70. The van der Waals surface area contributed by atoms with Gasteiger partial charge < -0.3 is 14.5 Å². The van der Waals surface area contributed by atoms with Gasteiger partial charge in [0.1, 0.15) is 18.1 Å². The van der Waals surface area contributed by atoms with Gasteiger partial charge in [-0.25, -0.2) is 0 Å². The Hall–Kier alpha value is -1.75. The fourth-order valence-electron chi connectivity index (χ4n) is 1.96. The van der Waals surface area contributed by atoms with Crippen LogP contribution in [0.2, 0.25) is 0 Å². The SMILES string of the molecule is CC(C)n1cc(OCc2ccc(CNC3CC3)o2)cn1. The minimum atomic E-state index is 0.344. The van der Waals surface area contributed by atoms with Crippen molar-refractivity contribution in [1.82, 2.24) is 15.1 Å². The van der Waals surface area contributed by atoms with Gasteiger partial charge in [0.15, 0.2) is 5.75 Å². The Morgan fingerprint density at radius 2 is 2.20 bits per heavy atom. The van der Waals surface area contributed by atoms with Crippen LogP contribution in [-0.4, -0.2) is 15.8 Å². The molecule has 5 heteroatoms. The second kappa shape index (κ2) is 5.71. The molecule has 2 heterocycles. The molecular formula is C15H21N3O2. The number of ether oxygens (including phenoxy) is 1. The normalized spacial score (nSPS) is 14.9. The number of nitrogens with one attached hydrogen (secondary N) is 1. The van der Waals surface area contributed by atoms with Crippen molar-refractivity contribution >= 4 is 0 Å². The van der Waals surface area contributed by atoms with Crippen LogP contribution in [0, 0.1) is 0 Å². The molecule has 0 aromatic carbocycles. The third kappa shape index (κ3) is 3.42. The van der Waals surface area contributed by atoms with E-state index in [2.05, 4.69) is 24.3 Å². The van der Waals surface area contributed by atoms with Crippen LogP contribution < -0.4 is 10.1 Å². The standard InChI is InChI=1S/C15H21N3O2/c1-11(2)18-9-15(8-17-18)19-10-14-6-5-13(20-14)7-16-12-3-4-12/h5-6,8-9,11-12,16H,3-4,7,10H2,1-2H3. The zero-order valence-corrected chi connectivity index (χ0v) is 12.0. The van der Waals surface area contributed by atoms with Crippen LogP contribution in [0.4, 0.5) is 0 Å². The molecule has 0 unspecified atom stereocenters. The second-order valence-corrected chi connectivity index (χ2v) is 5.56. The van der Waals surface area contributed by atoms with Gasteiger partial charge in [-0.05, 0) is 38.8 Å². The molecule has 1 aliphatic carbocycles. The Morgan fingerprint density at radius 1 is 1.40 bits per heavy atom. The van der Waals surface area contributed by atoms with Gasteiger partial charge in [0, 0.05) is 12.1 Å². The number of aromatic nitrogens is 2. The first kappa shape index (κ1) is 13.2. The Labute approximate surface area is 118 Å². The molecule has 2 aromatic heterocycles. The van der Waals surface area contributed by atoms with Gasteiger partial charge in [0.2, 0.25) is 0 Å². The van der Waals surface area contributed by atoms with E-state index in [0.717, 1.165) is 23.8 Å². The van der Waals surface area contributed by atoms with Crippen LogP contribution in [0.25, 0.3) is 0 Å². The molecule has 0 spiro atoms. The molecule has 2 aromatic rings. The molecule has 0 radical (unpaired) electrons. The summed E-state index contributed by atoms with van der Waals surface area (Å²) >= 11 is 0. The number of furan rings is 1. The molecular weight excluding hydrogens is 254 g/mol. The second-order valence-electron chi connectivity index (χ2n) is 5.56. The van der Waals surface area contributed by atoms with Gasteiger partial charge in [-0.3, -0.25) is 4.68 Å². The van der Waals surface area contributed by atoms with E-state index in [0.29, 0.717) is 18.7 Å². The lowest BCUT2D eigenvalue weighted by Crippen LogP contribution is -2.14. The van der Waals surface area contributed by atoms with Crippen molar-refractivity contribution < 1.29 is 9.15 Å². The highest BCUT2D eigenvalue weighted by Crippen LogP contribution is 2.20. The van der Waals surface area contributed by atoms with Gasteiger partial charge in [-0.15, -0.1) is 0 Å². The van der Waals surface area contributed by atoms with Gasteiger partial charge in [0.05, 0.1) is 18.9 Å². The predicted octanol–water partition coefficient (Wildman–Crippen LogP) is 2.89. The number of hydrogen-bond donors (Lipinski definition) is 1. The molecule has 3 rings (SSSR count). The molecule has 1 aliphatic rings. The van der Waals surface area contributed by atoms with Crippen molar-refractivity contribution in [3.05, 3.63) is 36.0 Å². The molecule has 1 N–H and O–H groups in total. The van der Waals surface area contributed by atoms with E-state index in [-0.39, 0.29) is 0 Å². The lowest BCUT2D eigenvalue weighted by Gasteiger charge is -2.03. The average molecular weight is 275 g/mol. The fraction of sp³-hybridized carbons (Fsp3) is 0.533. The van der Waals surface area contributed by atoms with E-state index in [1.807, 2.05) is 23.0 Å². The summed E-state index contributed by atoms with van der Waals surface area (Å²) in [7, 11) is 0. The Balaban J connectivity index is 1.49. The van der Waals surface area contributed by atoms with E-state index in [9.17, 15) is 0 Å². The van der Waals surface area contributed by atoms with Gasteiger partial charge >= 0.3 is 0 Å². The van der Waals surface area contributed by atoms with Crippen molar-refractivity contribution in [2.75, 3.05) is 0 Å². The molecule has 1 fully saturated rings. The quantitative estimate of drug-likeness (QED) is 0.844. The summed E-state index contributed by atoms with van der Waals surface area (Å²) in [6.07, 6.45) is 6.22. The summed E-state index contributed by atoms with van der Waals surface area (Å²) in [5, 5.41) is 7.67. The monoisotopic (exact) mass is 275 g/mol. The summed E-state index contributed by atoms with van der Waals surface area (Å²) in [6.45, 7) is 5.41. The highest BCUT2D eigenvalue weighted by atomic mass is 16.5. The number of hydrogen-bond acceptors (Lipinski definition) is 4. The molecule has 0 saturated heterocycles. The maximum atomic E-state index is 5.72. The molecule has 20 heavy (non-hydrogen) atoms. The molecule has 0 bridgehead atoms. The highest BCUT2D eigenvalue weighted by molar-refractivity contribution is 5.13. The molecule has 0 aliphatic heterocycles. The lowest BCUT2D eigenvalue weighted by atomic mass is 10.4. The molecule has 0 atom stereocenters. The van der Waals surface area contributed by atoms with E-state index in [1.165, 1.54) is 12.8 Å². The predicted molar refractivity (Wildman–Crippen MR) is 75.5 cm³/mol. The number of nitrogens with zero attached hydrogens (tertiary/aromatic N) is 2. The van der Waals surface area contributed by atoms with E-state index in [1.54, 1.807) is 6.20 Å². The Bertz CT molecular complexity index is 555. The van der Waals surface area contributed by atoms with Crippen LogP contribution in [0.3, 0.4) is 0 Å². The molecule has 0 amide bonds. The van der Waals surface area contributed by atoms with Crippen LogP contribution in [0.15, 0.2) is 28.9 Å². The zero-order valence-electron chi connectivity index (χ0n) is 12.0. The summed E-state index contributed by atoms with van der Waals surface area (Å²) < 4.78 is 13.3. The number of rotatable bonds is 7. The van der Waals surface area contributed by atoms with Gasteiger partial charge in [-0.2, -0.15) is 5.10 Å². The van der Waals surface area contributed by atoms with Crippen molar-refractivity contribution in [3.8, 4) is 5.75 Å². The summed E-state index contributed by atoms with van der Waals surface area (Å²) in [6, 6.07) is 5.01. The Morgan fingerprint density at radius 3 is 2.90 bits per heavy atom. The summed E-state index contributed by atoms with van der Waals surface area (Å²) in [4.78, 5) is 0. The zero-order chi connectivity index (χ0) is 13.9. The average Bonchev–Trinajstić information content (AvgIpc) is 2.96. The lowest BCUT2D eigenvalue weighted by molar-refractivity contribution is 0.264. The Kier molecular flexibility index (Phi) is 3.78. The summed E-state index contributed by atoms with van der Waals surface area (Å²) in [5.74, 6) is 2.58. The smallest absolute Gasteiger partial charge is 0.157 e. The van der Waals surface area contributed by atoms with E-state index in [4.69, 9.17) is 9.15 Å².